The van der Waals surface area contributed by atoms with E-state index < -0.39 is 15.2 Å². The standard InChI is InChI=1S/C10H27Si3.Na/c1-9(2)12(5,6)11-13(7,8)10(3)4;/h9-11H,1-8H3;. The van der Waals surface area contributed by atoms with Crippen molar-refractivity contribution in [3.63, 3.8) is 0 Å². The third-order valence-corrected chi connectivity index (χ3v) is 73.2. The molecule has 0 aliphatic rings. The average molecular weight is 255 g/mol. The number of rotatable bonds is 4. The van der Waals surface area contributed by atoms with Crippen LogP contribution in [0.1, 0.15) is 27.7 Å². The van der Waals surface area contributed by atoms with E-state index in [2.05, 4.69) is 53.9 Å². The fraction of sp³-hybridized carbons (Fsp3) is 1.00. The molecule has 0 aromatic rings. The van der Waals surface area contributed by atoms with E-state index >= 15 is 0 Å². The molecule has 0 unspecified atom stereocenters. The van der Waals surface area contributed by atoms with Gasteiger partial charge in [0.1, 0.15) is 0 Å². The first kappa shape index (κ1) is 15.7. The van der Waals surface area contributed by atoms with Crippen molar-refractivity contribution in [3.8, 4) is 0 Å². The van der Waals surface area contributed by atoms with Crippen molar-refractivity contribution >= 4 is 46.6 Å². The second-order valence-electron chi connectivity index (χ2n) is 6.67. The van der Waals surface area contributed by atoms with Gasteiger partial charge in [-0.15, -0.1) is 0 Å². The normalized spacial score (nSPS) is 14.6. The monoisotopic (exact) mass is 254 g/mol. The van der Waals surface area contributed by atoms with Crippen molar-refractivity contribution in [2.75, 3.05) is 0 Å². The summed E-state index contributed by atoms with van der Waals surface area (Å²) in [6.07, 6.45) is 0. The van der Waals surface area contributed by atoms with Gasteiger partial charge in [0, 0.05) is 0 Å². The molecule has 4 heteroatoms. The zero-order chi connectivity index (χ0) is 11.7. The second-order valence-corrected chi connectivity index (χ2v) is 44.0. The van der Waals surface area contributed by atoms with Gasteiger partial charge >= 0.3 is 112 Å². The van der Waals surface area contributed by atoms with Gasteiger partial charge in [-0.05, 0) is 0 Å². The first-order valence-electron chi connectivity index (χ1n) is 6.04. The van der Waals surface area contributed by atoms with E-state index in [4.69, 9.17) is 0 Å². The molecule has 0 saturated heterocycles. The Balaban J connectivity index is 4.85. The molecule has 0 fully saturated rings. The molecule has 0 aliphatic carbocycles. The fourth-order valence-electron chi connectivity index (χ4n) is 1.96. The van der Waals surface area contributed by atoms with E-state index in [0.29, 0.717) is 0 Å². The van der Waals surface area contributed by atoms with Gasteiger partial charge < -0.3 is 0 Å². The van der Waals surface area contributed by atoms with Crippen molar-refractivity contribution in [3.05, 3.63) is 0 Å². The molecule has 0 nitrogen and oxygen atoms in total. The molecule has 0 radical (unpaired) electrons. The van der Waals surface area contributed by atoms with Crippen molar-refractivity contribution in [2.45, 2.75) is 65.0 Å². The van der Waals surface area contributed by atoms with E-state index in [9.17, 15) is 0 Å². The van der Waals surface area contributed by atoms with Gasteiger partial charge in [-0.3, -0.25) is 0 Å². The molecule has 0 aromatic carbocycles. The van der Waals surface area contributed by atoms with Gasteiger partial charge in [-0.25, -0.2) is 0 Å². The van der Waals surface area contributed by atoms with Crippen LogP contribution in [0.2, 0.25) is 37.3 Å². The molecule has 0 atom stereocenters. The van der Waals surface area contributed by atoms with Crippen LogP contribution in [0.3, 0.4) is 0 Å². The molecule has 0 saturated carbocycles. The molecule has 0 spiro atoms. The van der Waals surface area contributed by atoms with Gasteiger partial charge in [0.25, 0.3) is 0 Å². The van der Waals surface area contributed by atoms with E-state index in [1.165, 1.54) is 0 Å². The summed E-state index contributed by atoms with van der Waals surface area (Å²) in [5, 5.41) is 0. The summed E-state index contributed by atoms with van der Waals surface area (Å²) in [6.45, 7) is 20.6. The van der Waals surface area contributed by atoms with Gasteiger partial charge in [-0.1, -0.05) is 0 Å². The molecular weight excluding hydrogens is 227 g/mol. The van der Waals surface area contributed by atoms with Gasteiger partial charge in [0.2, 0.25) is 0 Å². The van der Waals surface area contributed by atoms with E-state index in [-0.39, 0.29) is 4.39 Å². The zero-order valence-electron chi connectivity index (χ0n) is 11.7. The molecule has 14 heavy (non-hydrogen) atoms. The summed E-state index contributed by atoms with van der Waals surface area (Å²) < 4.78 is -0.319. The van der Waals surface area contributed by atoms with E-state index in [1.54, 1.807) is 27.0 Å². The quantitative estimate of drug-likeness (QED) is 0.676. The number of hydrogen-bond donors (Lipinski definition) is 0. The fourth-order valence-corrected chi connectivity index (χ4v) is 52.9. The SMILES string of the molecule is CC(C)[Si](C)(C)[SiH]([Na])[Si](C)(C)C(C)C. The molecule has 0 aromatic heterocycles. The van der Waals surface area contributed by atoms with Crippen LogP contribution in [0.25, 0.3) is 0 Å². The van der Waals surface area contributed by atoms with Crippen LogP contribution >= 0.6 is 0 Å². The summed E-state index contributed by atoms with van der Waals surface area (Å²) >= 11 is 1.56. The Labute approximate surface area is 111 Å². The Kier molecular flexibility index (Phi) is 5.95. The van der Waals surface area contributed by atoms with E-state index in [1.807, 2.05) is 0 Å². The molecule has 0 heterocycles. The third kappa shape index (κ3) is 3.32. The molecule has 0 N–H and O–H groups in total. The van der Waals surface area contributed by atoms with Crippen LogP contribution in [0.5, 0.6) is 0 Å². The Morgan fingerprint density at radius 3 is 1.14 bits per heavy atom. The maximum atomic E-state index is 2.68. The maximum absolute atomic E-state index is 2.68. The number of hydrogen-bond acceptors (Lipinski definition) is 0. The summed E-state index contributed by atoms with van der Waals surface area (Å²) in [4.78, 5) is 0. The summed E-state index contributed by atoms with van der Waals surface area (Å²) in [6, 6.07) is 0. The third-order valence-electron chi connectivity index (χ3n) is 5.21. The Morgan fingerprint density at radius 1 is 0.786 bits per heavy atom. The minimum atomic E-state index is -0.820. The summed E-state index contributed by atoms with van der Waals surface area (Å²) in [7, 11) is -1.64. The van der Waals surface area contributed by atoms with Crippen LogP contribution in [0.15, 0.2) is 0 Å². The van der Waals surface area contributed by atoms with Gasteiger partial charge in [0.05, 0.1) is 0 Å². The Bertz CT molecular complexity index is 168. The van der Waals surface area contributed by atoms with Crippen LogP contribution in [0.4, 0.5) is 0 Å². The molecule has 80 valence electrons. The molecular formula is C10H27NaSi3. The van der Waals surface area contributed by atoms with Crippen LogP contribution in [-0.4, -0.2) is 46.6 Å². The van der Waals surface area contributed by atoms with Gasteiger partial charge in [-0.2, -0.15) is 0 Å². The zero-order valence-corrected chi connectivity index (χ0v) is 16.9. The van der Waals surface area contributed by atoms with Crippen LogP contribution in [0, 0.1) is 0 Å². The first-order valence-corrected chi connectivity index (χ1v) is 20.4. The van der Waals surface area contributed by atoms with Crippen molar-refractivity contribution in [1.29, 1.82) is 0 Å². The molecule has 0 aliphatic heterocycles. The Morgan fingerprint density at radius 2 is 1.00 bits per heavy atom. The van der Waals surface area contributed by atoms with Gasteiger partial charge in [0.15, 0.2) is 0 Å². The second kappa shape index (κ2) is 5.32. The molecule has 0 rings (SSSR count). The van der Waals surface area contributed by atoms with Crippen molar-refractivity contribution in [2.24, 2.45) is 0 Å². The minimum absolute atomic E-state index is 0.319. The van der Waals surface area contributed by atoms with Crippen molar-refractivity contribution < 1.29 is 0 Å². The average Bonchev–Trinajstić information content (AvgIpc) is 2.02. The first-order chi connectivity index (χ1) is 6.04. The predicted molar refractivity (Wildman–Crippen MR) is 78.1 cm³/mol. The molecule has 0 amide bonds. The van der Waals surface area contributed by atoms with Crippen LogP contribution < -0.4 is 0 Å². The Hall–Kier alpha value is 1.65. The summed E-state index contributed by atoms with van der Waals surface area (Å²) in [5.74, 6) is 0. The molecule has 0 bridgehead atoms. The van der Waals surface area contributed by atoms with E-state index in [0.717, 1.165) is 11.1 Å². The van der Waals surface area contributed by atoms with Crippen molar-refractivity contribution in [1.82, 2.24) is 0 Å². The predicted octanol–water partition coefficient (Wildman–Crippen LogP) is 3.27. The van der Waals surface area contributed by atoms with Crippen LogP contribution in [-0.2, 0) is 0 Å². The summed E-state index contributed by atoms with van der Waals surface area (Å²) in [5.41, 5.74) is 2.03. The topological polar surface area (TPSA) is 0 Å².